The van der Waals surface area contributed by atoms with Crippen LogP contribution >= 0.6 is 11.6 Å². The Morgan fingerprint density at radius 3 is 2.52 bits per heavy atom. The quantitative estimate of drug-likeness (QED) is 0.860. The number of anilines is 1. The van der Waals surface area contributed by atoms with Gasteiger partial charge >= 0.3 is 0 Å². The van der Waals surface area contributed by atoms with Crippen molar-refractivity contribution in [2.24, 2.45) is 0 Å². The normalized spacial score (nSPS) is 22.2. The Hall–Kier alpha value is -1.15. The van der Waals surface area contributed by atoms with Crippen LogP contribution in [0.1, 0.15) is 32.8 Å². The fraction of sp³-hybridized carbons (Fsp3) is 0.588. The third kappa shape index (κ3) is 4.73. The first kappa shape index (κ1) is 20.2. The SMILES string of the molecule is CO[C@H]1C[C@H](C(=O)Nc2cc(Cl)ccc2C(C)(C)C)N(S(C)(=O)=O)C1. The van der Waals surface area contributed by atoms with E-state index in [1.54, 1.807) is 12.1 Å². The number of nitrogens with zero attached hydrogens (tertiary/aromatic N) is 1. The summed E-state index contributed by atoms with van der Waals surface area (Å²) in [6.07, 6.45) is 1.12. The average molecular weight is 389 g/mol. The van der Waals surface area contributed by atoms with E-state index in [4.69, 9.17) is 16.3 Å². The molecule has 25 heavy (non-hydrogen) atoms. The van der Waals surface area contributed by atoms with Crippen molar-refractivity contribution in [2.75, 3.05) is 25.2 Å². The van der Waals surface area contributed by atoms with Crippen molar-refractivity contribution < 1.29 is 17.9 Å². The minimum atomic E-state index is -3.51. The molecule has 1 N–H and O–H groups in total. The van der Waals surface area contributed by atoms with E-state index in [-0.39, 0.29) is 24.0 Å². The lowest BCUT2D eigenvalue weighted by Crippen LogP contribution is -2.42. The van der Waals surface area contributed by atoms with Crippen molar-refractivity contribution >= 4 is 33.2 Å². The van der Waals surface area contributed by atoms with E-state index in [2.05, 4.69) is 5.32 Å². The molecule has 1 amide bonds. The maximum Gasteiger partial charge on any atom is 0.242 e. The molecule has 1 aromatic carbocycles. The van der Waals surface area contributed by atoms with Gasteiger partial charge in [-0.25, -0.2) is 8.42 Å². The molecule has 0 aliphatic carbocycles. The maximum absolute atomic E-state index is 12.8. The third-order valence-electron chi connectivity index (χ3n) is 4.33. The highest BCUT2D eigenvalue weighted by Gasteiger charge is 2.42. The first-order chi connectivity index (χ1) is 11.4. The van der Waals surface area contributed by atoms with Crippen LogP contribution in [-0.2, 0) is 25.0 Å². The summed E-state index contributed by atoms with van der Waals surface area (Å²) in [5.41, 5.74) is 1.32. The Labute approximate surface area is 154 Å². The van der Waals surface area contributed by atoms with Gasteiger partial charge in [0.1, 0.15) is 6.04 Å². The molecule has 1 heterocycles. The first-order valence-corrected chi connectivity index (χ1v) is 10.3. The number of halogens is 1. The molecule has 1 aromatic rings. The number of carbonyl (C=O) groups is 1. The van der Waals surface area contributed by atoms with Gasteiger partial charge in [0.05, 0.1) is 12.4 Å². The molecule has 0 spiro atoms. The van der Waals surface area contributed by atoms with Crippen LogP contribution in [-0.4, -0.2) is 50.7 Å². The number of nitrogens with one attached hydrogen (secondary N) is 1. The molecular weight excluding hydrogens is 364 g/mol. The second kappa shape index (κ2) is 7.23. The number of hydrogen-bond acceptors (Lipinski definition) is 4. The lowest BCUT2D eigenvalue weighted by Gasteiger charge is -2.25. The molecule has 0 saturated carbocycles. The average Bonchev–Trinajstić information content (AvgIpc) is 2.90. The fourth-order valence-corrected chi connectivity index (χ4v) is 4.29. The van der Waals surface area contributed by atoms with E-state index >= 15 is 0 Å². The number of benzene rings is 1. The van der Waals surface area contributed by atoms with Crippen molar-refractivity contribution in [2.45, 2.75) is 44.8 Å². The van der Waals surface area contributed by atoms with E-state index < -0.39 is 16.1 Å². The van der Waals surface area contributed by atoms with E-state index in [1.165, 1.54) is 11.4 Å². The molecule has 6 nitrogen and oxygen atoms in total. The van der Waals surface area contributed by atoms with Crippen molar-refractivity contribution in [1.82, 2.24) is 4.31 Å². The predicted molar refractivity (Wildman–Crippen MR) is 99.5 cm³/mol. The van der Waals surface area contributed by atoms with Gasteiger partial charge in [-0.05, 0) is 23.1 Å². The first-order valence-electron chi connectivity index (χ1n) is 8.04. The lowest BCUT2D eigenvalue weighted by atomic mass is 9.85. The highest BCUT2D eigenvalue weighted by Crippen LogP contribution is 2.32. The number of methoxy groups -OCH3 is 1. The van der Waals surface area contributed by atoms with Crippen molar-refractivity contribution in [3.05, 3.63) is 28.8 Å². The molecule has 1 aliphatic heterocycles. The monoisotopic (exact) mass is 388 g/mol. The number of sulfonamides is 1. The van der Waals surface area contributed by atoms with E-state index in [0.717, 1.165) is 11.8 Å². The summed E-state index contributed by atoms with van der Waals surface area (Å²) in [4.78, 5) is 12.8. The molecular formula is C17H25ClN2O4S. The molecule has 8 heteroatoms. The summed E-state index contributed by atoms with van der Waals surface area (Å²) < 4.78 is 30.5. The van der Waals surface area contributed by atoms with Crippen molar-refractivity contribution in [3.8, 4) is 0 Å². The lowest BCUT2D eigenvalue weighted by molar-refractivity contribution is -0.119. The van der Waals surface area contributed by atoms with Crippen LogP contribution in [0.4, 0.5) is 5.69 Å². The predicted octanol–water partition coefficient (Wildman–Crippen LogP) is 2.62. The molecule has 2 atom stereocenters. The van der Waals surface area contributed by atoms with Gasteiger partial charge in [0.15, 0.2) is 0 Å². The minimum absolute atomic E-state index is 0.176. The van der Waals surface area contributed by atoms with E-state index in [1.807, 2.05) is 26.8 Å². The summed E-state index contributed by atoms with van der Waals surface area (Å²) in [5, 5.41) is 3.37. The second-order valence-corrected chi connectivity index (χ2v) is 9.74. The zero-order chi connectivity index (χ0) is 19.0. The molecule has 140 valence electrons. The van der Waals surface area contributed by atoms with Gasteiger partial charge in [-0.3, -0.25) is 4.79 Å². The van der Waals surface area contributed by atoms with Crippen molar-refractivity contribution in [3.63, 3.8) is 0 Å². The van der Waals surface area contributed by atoms with Gasteiger partial charge in [0, 0.05) is 30.8 Å². The number of amides is 1. The van der Waals surface area contributed by atoms with Crippen molar-refractivity contribution in [1.29, 1.82) is 0 Å². The fourth-order valence-electron chi connectivity index (χ4n) is 3.03. The van der Waals surface area contributed by atoms with Crippen LogP contribution in [0.2, 0.25) is 5.02 Å². The number of hydrogen-bond donors (Lipinski definition) is 1. The van der Waals surface area contributed by atoms with E-state index in [0.29, 0.717) is 17.1 Å². The standard InChI is InChI=1S/C17H25ClN2O4S/c1-17(2,3)13-7-6-11(18)8-14(13)19-16(21)15-9-12(24-4)10-20(15)25(5,22)23/h6-8,12,15H,9-10H2,1-5H3,(H,19,21)/t12-,15+/m0/s1. The highest BCUT2D eigenvalue weighted by molar-refractivity contribution is 7.88. The summed E-state index contributed by atoms with van der Waals surface area (Å²) in [6, 6.07) is 4.54. The van der Waals surface area contributed by atoms with Gasteiger partial charge < -0.3 is 10.1 Å². The molecule has 0 unspecified atom stereocenters. The molecule has 2 rings (SSSR count). The molecule has 0 bridgehead atoms. The molecule has 1 saturated heterocycles. The smallest absolute Gasteiger partial charge is 0.242 e. The van der Waals surface area contributed by atoms with Crippen LogP contribution < -0.4 is 5.32 Å². The number of rotatable bonds is 4. The Kier molecular flexibility index (Phi) is 5.83. The number of ether oxygens (including phenoxy) is 1. The van der Waals surface area contributed by atoms with Crippen LogP contribution in [0.15, 0.2) is 18.2 Å². The molecule has 0 radical (unpaired) electrons. The van der Waals surface area contributed by atoms with E-state index in [9.17, 15) is 13.2 Å². The van der Waals surface area contributed by atoms with Crippen LogP contribution in [0.25, 0.3) is 0 Å². The van der Waals surface area contributed by atoms with Crippen LogP contribution in [0.3, 0.4) is 0 Å². The van der Waals surface area contributed by atoms with Gasteiger partial charge in [-0.15, -0.1) is 0 Å². The Morgan fingerprint density at radius 1 is 1.36 bits per heavy atom. The molecule has 1 fully saturated rings. The zero-order valence-electron chi connectivity index (χ0n) is 15.2. The topological polar surface area (TPSA) is 75.7 Å². The largest absolute Gasteiger partial charge is 0.380 e. The van der Waals surface area contributed by atoms with Gasteiger partial charge in [-0.2, -0.15) is 4.31 Å². The zero-order valence-corrected chi connectivity index (χ0v) is 16.7. The molecule has 1 aliphatic rings. The highest BCUT2D eigenvalue weighted by atomic mass is 35.5. The summed E-state index contributed by atoms with van der Waals surface area (Å²) in [7, 11) is -2.00. The Morgan fingerprint density at radius 2 is 2.00 bits per heavy atom. The Balaban J connectivity index is 2.32. The number of carbonyl (C=O) groups excluding carboxylic acids is 1. The van der Waals surface area contributed by atoms with Crippen LogP contribution in [0.5, 0.6) is 0 Å². The maximum atomic E-state index is 12.8. The van der Waals surface area contributed by atoms with Crippen LogP contribution in [0, 0.1) is 0 Å². The third-order valence-corrected chi connectivity index (χ3v) is 5.82. The summed E-state index contributed by atoms with van der Waals surface area (Å²) in [5.74, 6) is -0.377. The van der Waals surface area contributed by atoms with Gasteiger partial charge in [0.2, 0.25) is 15.9 Å². The van der Waals surface area contributed by atoms with Gasteiger partial charge in [-0.1, -0.05) is 38.4 Å². The van der Waals surface area contributed by atoms with Gasteiger partial charge in [0.25, 0.3) is 0 Å². The summed E-state index contributed by atoms with van der Waals surface area (Å²) >= 11 is 6.08. The Bertz CT molecular complexity index is 758. The summed E-state index contributed by atoms with van der Waals surface area (Å²) in [6.45, 7) is 6.27. The molecule has 0 aromatic heterocycles. The second-order valence-electron chi connectivity index (χ2n) is 7.37. The minimum Gasteiger partial charge on any atom is -0.380 e.